The number of nitrogens with zero attached hydrogens (tertiary/aromatic N) is 3. The largest absolute Gasteiger partial charge is 0.496 e. The SMILES string of the molecule is CCC(=O)OC[C@@]1(O)[C@H](OC(C)=O)[C@]2(CC)C=CCN3CC[C@]4(c5cc([C@@]6(C(=O)OC)C[C@@H]7C=C(CC)CN(CCc8c6[nH]c6ccccc86)C7)c(OC)cc5N(C)[C@@H]14)[C@H]32. The second-order valence-corrected chi connectivity index (χ2v) is 18.2. The van der Waals surface area contributed by atoms with E-state index in [9.17, 15) is 14.7 Å². The third kappa shape index (κ3) is 5.55. The van der Waals surface area contributed by atoms with E-state index in [1.165, 1.54) is 19.6 Å². The van der Waals surface area contributed by atoms with E-state index in [2.05, 4.69) is 76.0 Å². The fourth-order valence-electron chi connectivity index (χ4n) is 13.3. The van der Waals surface area contributed by atoms with Gasteiger partial charge in [-0.25, -0.2) is 0 Å². The highest BCUT2D eigenvalue weighted by molar-refractivity contribution is 5.94. The maximum atomic E-state index is 15.3. The molecule has 1 spiro atoms. The molecule has 6 heterocycles. The smallest absolute Gasteiger partial charge is 0.322 e. The van der Waals surface area contributed by atoms with Crippen LogP contribution in [0.4, 0.5) is 5.69 Å². The van der Waals surface area contributed by atoms with Crippen molar-refractivity contribution in [2.45, 2.75) is 101 Å². The van der Waals surface area contributed by atoms with Crippen LogP contribution in [-0.2, 0) is 45.8 Å². The van der Waals surface area contributed by atoms with Gasteiger partial charge in [0, 0.05) is 97.4 Å². The van der Waals surface area contributed by atoms with Gasteiger partial charge in [0.1, 0.15) is 23.9 Å². The third-order valence-electron chi connectivity index (χ3n) is 15.4. The number of H-pyrrole nitrogens is 1. The number of benzene rings is 2. The number of hydrogen-bond donors (Lipinski definition) is 2. The number of carbonyl (C=O) groups is 3. The Morgan fingerprint density at radius 2 is 1.83 bits per heavy atom. The highest BCUT2D eigenvalue weighted by atomic mass is 16.6. The number of rotatable bonds is 9. The molecule has 9 atom stereocenters. The highest BCUT2D eigenvalue weighted by Gasteiger charge is 2.78. The molecule has 0 amide bonds. The molecule has 1 aliphatic carbocycles. The first kappa shape index (κ1) is 40.7. The molecule has 12 nitrogen and oxygen atoms in total. The Bertz CT molecular complexity index is 2300. The van der Waals surface area contributed by atoms with Crippen molar-refractivity contribution in [1.82, 2.24) is 14.8 Å². The number of carbonyl (C=O) groups excluding carboxylic acids is 3. The minimum absolute atomic E-state index is 0.0346. The molecular formula is C48H60N4O8. The Labute approximate surface area is 352 Å². The van der Waals surface area contributed by atoms with E-state index in [-0.39, 0.29) is 31.0 Å². The molecular weight excluding hydrogens is 761 g/mol. The molecule has 2 bridgehead atoms. The van der Waals surface area contributed by atoms with Gasteiger partial charge in [0.2, 0.25) is 0 Å². The summed E-state index contributed by atoms with van der Waals surface area (Å²) in [6.07, 6.45) is 9.11. The number of ether oxygens (including phenoxy) is 4. The van der Waals surface area contributed by atoms with E-state index in [0.717, 1.165) is 72.4 Å². The molecule has 1 saturated heterocycles. The Morgan fingerprint density at radius 1 is 1.03 bits per heavy atom. The van der Waals surface area contributed by atoms with Crippen LogP contribution in [0.15, 0.2) is 60.2 Å². The lowest BCUT2D eigenvalue weighted by molar-refractivity contribution is -0.232. The number of nitrogens with one attached hydrogen (secondary N) is 1. The lowest BCUT2D eigenvalue weighted by Crippen LogP contribution is -2.80. The van der Waals surface area contributed by atoms with Crippen molar-refractivity contribution in [3.8, 4) is 5.75 Å². The lowest BCUT2D eigenvalue weighted by atomic mass is 9.47. The van der Waals surface area contributed by atoms with Gasteiger partial charge >= 0.3 is 17.9 Å². The van der Waals surface area contributed by atoms with Crippen LogP contribution < -0.4 is 9.64 Å². The van der Waals surface area contributed by atoms with E-state index < -0.39 is 45.9 Å². The monoisotopic (exact) mass is 820 g/mol. The van der Waals surface area contributed by atoms with Crippen LogP contribution >= 0.6 is 0 Å². The molecule has 12 heteroatoms. The van der Waals surface area contributed by atoms with Gasteiger partial charge in [0.25, 0.3) is 0 Å². The first-order chi connectivity index (χ1) is 28.9. The molecule has 60 heavy (non-hydrogen) atoms. The zero-order valence-electron chi connectivity index (χ0n) is 36.1. The Hall–Kier alpha value is -4.65. The summed E-state index contributed by atoms with van der Waals surface area (Å²) in [6, 6.07) is 11.6. The second kappa shape index (κ2) is 14.8. The molecule has 1 aromatic heterocycles. The average molecular weight is 821 g/mol. The topological polar surface area (TPSA) is 134 Å². The van der Waals surface area contributed by atoms with E-state index >= 15 is 4.79 Å². The van der Waals surface area contributed by atoms with Crippen molar-refractivity contribution in [2.24, 2.45) is 11.3 Å². The Morgan fingerprint density at radius 3 is 2.55 bits per heavy atom. The molecule has 1 unspecified atom stereocenters. The molecule has 3 aromatic rings. The fourth-order valence-corrected chi connectivity index (χ4v) is 13.3. The van der Waals surface area contributed by atoms with Crippen LogP contribution in [-0.4, -0.2) is 122 Å². The number of aromatic nitrogens is 1. The van der Waals surface area contributed by atoms with Crippen molar-refractivity contribution in [3.63, 3.8) is 0 Å². The molecule has 2 aromatic carbocycles. The maximum Gasteiger partial charge on any atom is 0.322 e. The number of anilines is 1. The van der Waals surface area contributed by atoms with Crippen LogP contribution in [0.1, 0.15) is 82.2 Å². The van der Waals surface area contributed by atoms with Gasteiger partial charge in [-0.1, -0.05) is 62.8 Å². The standard InChI is InChI=1S/C48H60N4O8/c1-8-30-22-31-25-47(44(55)58-7,40-33(16-20-51(26-30)27-31)32-14-11-12-15-36(32)49-40)35-23-34-37(24-38(35)57-6)50(5)42-46(34)18-21-52-19-13-17-45(10-3,41(46)52)43(60-29(4)53)48(42,56)28-59-39(54)9-2/h11-15,17,22-24,31,41-43,49,56H,8-10,16,18-21,25-28H2,1-7H3/t31-,41+,42+,43+,45+,46-,47-,48-/m0/s1. The minimum Gasteiger partial charge on any atom is -0.496 e. The Balaban J connectivity index is 1.35. The van der Waals surface area contributed by atoms with Gasteiger partial charge in [-0.15, -0.1) is 0 Å². The molecule has 1 saturated carbocycles. The molecule has 2 fully saturated rings. The van der Waals surface area contributed by atoms with Crippen molar-refractivity contribution >= 4 is 34.5 Å². The molecule has 9 rings (SSSR count). The molecule has 2 N–H and O–H groups in total. The van der Waals surface area contributed by atoms with Crippen LogP contribution in [0, 0.1) is 11.3 Å². The minimum atomic E-state index is -1.84. The number of hydrogen-bond acceptors (Lipinski definition) is 11. The van der Waals surface area contributed by atoms with Gasteiger partial charge in [0.15, 0.2) is 5.60 Å². The lowest BCUT2D eigenvalue weighted by Gasteiger charge is -2.64. The van der Waals surface area contributed by atoms with Crippen LogP contribution in [0.25, 0.3) is 10.9 Å². The predicted octanol–water partition coefficient (Wildman–Crippen LogP) is 5.58. The summed E-state index contributed by atoms with van der Waals surface area (Å²) in [6.45, 7) is 11.0. The summed E-state index contributed by atoms with van der Waals surface area (Å²) in [7, 11) is 5.10. The molecule has 5 aliphatic heterocycles. The maximum absolute atomic E-state index is 15.3. The van der Waals surface area contributed by atoms with Crippen molar-refractivity contribution in [2.75, 3.05) is 65.5 Å². The summed E-state index contributed by atoms with van der Waals surface area (Å²) in [5.74, 6) is -0.751. The Kier molecular flexibility index (Phi) is 10.0. The van der Waals surface area contributed by atoms with Gasteiger partial charge in [-0.2, -0.15) is 0 Å². The summed E-state index contributed by atoms with van der Waals surface area (Å²) < 4.78 is 24.7. The molecule has 320 valence electrons. The third-order valence-corrected chi connectivity index (χ3v) is 15.4. The van der Waals surface area contributed by atoms with Gasteiger partial charge in [0.05, 0.1) is 20.3 Å². The zero-order valence-corrected chi connectivity index (χ0v) is 36.1. The summed E-state index contributed by atoms with van der Waals surface area (Å²) in [5.41, 5.74) is 2.05. The van der Waals surface area contributed by atoms with E-state index in [1.807, 2.05) is 19.2 Å². The normalized spacial score (nSPS) is 34.0. The van der Waals surface area contributed by atoms with Crippen LogP contribution in [0.3, 0.4) is 0 Å². The average Bonchev–Trinajstić information content (AvgIpc) is 3.92. The van der Waals surface area contributed by atoms with Crippen LogP contribution in [0.5, 0.6) is 5.75 Å². The number of methoxy groups -OCH3 is 2. The highest BCUT2D eigenvalue weighted by Crippen LogP contribution is 2.68. The van der Waals surface area contributed by atoms with Crippen molar-refractivity contribution < 1.29 is 38.4 Å². The first-order valence-corrected chi connectivity index (χ1v) is 21.9. The van der Waals surface area contributed by atoms with Gasteiger partial charge < -0.3 is 33.9 Å². The van der Waals surface area contributed by atoms with Crippen molar-refractivity contribution in [3.05, 3.63) is 82.6 Å². The van der Waals surface area contributed by atoms with E-state index in [0.29, 0.717) is 37.1 Å². The number of likely N-dealkylation sites (N-methyl/N-ethyl adjacent to an activating group) is 1. The first-order valence-electron chi connectivity index (χ1n) is 21.9. The number of aromatic amines is 1. The predicted molar refractivity (Wildman–Crippen MR) is 228 cm³/mol. The van der Waals surface area contributed by atoms with Gasteiger partial charge in [-0.3, -0.25) is 24.2 Å². The van der Waals surface area contributed by atoms with E-state index in [1.54, 1.807) is 14.0 Å². The number of para-hydroxylation sites is 1. The number of fused-ring (bicyclic) bond motifs is 6. The molecule has 6 aliphatic rings. The zero-order chi connectivity index (χ0) is 42.4. The summed E-state index contributed by atoms with van der Waals surface area (Å²) >= 11 is 0. The summed E-state index contributed by atoms with van der Waals surface area (Å²) in [4.78, 5) is 52.3. The van der Waals surface area contributed by atoms with Gasteiger partial charge in [-0.05, 0) is 67.8 Å². The fraction of sp³-hybridized carbons (Fsp3) is 0.562. The van der Waals surface area contributed by atoms with Crippen LogP contribution in [0.2, 0.25) is 0 Å². The quantitative estimate of drug-likeness (QED) is 0.159. The summed E-state index contributed by atoms with van der Waals surface area (Å²) in [5, 5.41) is 14.7. The second-order valence-electron chi connectivity index (χ2n) is 18.2. The number of esters is 3. The number of aliphatic hydroxyl groups is 1. The van der Waals surface area contributed by atoms with E-state index in [4.69, 9.17) is 18.9 Å². The molecule has 0 radical (unpaired) electrons. The van der Waals surface area contributed by atoms with Crippen molar-refractivity contribution in [1.29, 1.82) is 0 Å².